The molecule has 1 atom stereocenters. The summed E-state index contributed by atoms with van der Waals surface area (Å²) in [7, 11) is 2.18. The highest BCUT2D eigenvalue weighted by Gasteiger charge is 2.27. The van der Waals surface area contributed by atoms with Gasteiger partial charge in [0.2, 0.25) is 5.88 Å². The van der Waals surface area contributed by atoms with E-state index in [-0.39, 0.29) is 0 Å². The van der Waals surface area contributed by atoms with Gasteiger partial charge in [-0.05, 0) is 45.7 Å². The molecule has 110 valence electrons. The summed E-state index contributed by atoms with van der Waals surface area (Å²) in [6.07, 6.45) is 5.94. The quantitative estimate of drug-likeness (QED) is 0.606. The number of nitrogen functional groups attached to an aromatic ring is 1. The van der Waals surface area contributed by atoms with Gasteiger partial charge in [-0.3, -0.25) is 0 Å². The normalized spacial score (nSPS) is 23.0. The summed E-state index contributed by atoms with van der Waals surface area (Å²) in [4.78, 5) is 11.3. The first kappa shape index (κ1) is 13.6. The highest BCUT2D eigenvalue weighted by molar-refractivity contribution is 5.38. The van der Waals surface area contributed by atoms with Crippen LogP contribution in [0.25, 0.3) is 0 Å². The van der Waals surface area contributed by atoms with Gasteiger partial charge in [0.25, 0.3) is 0 Å². The van der Waals surface area contributed by atoms with Crippen LogP contribution in [0.5, 0.6) is 5.88 Å². The van der Waals surface area contributed by atoms with Crippen LogP contribution < -0.4 is 16.0 Å². The van der Waals surface area contributed by atoms with Crippen LogP contribution in [-0.2, 0) is 0 Å². The van der Waals surface area contributed by atoms with Gasteiger partial charge in [-0.1, -0.05) is 0 Å². The zero-order chi connectivity index (χ0) is 13.9. The first-order valence-electron chi connectivity index (χ1n) is 7.45. The number of hydrazine groups is 1. The summed E-state index contributed by atoms with van der Waals surface area (Å²) < 4.78 is 5.80. The van der Waals surface area contributed by atoms with Gasteiger partial charge in [0.05, 0.1) is 6.61 Å². The van der Waals surface area contributed by atoms with Crippen LogP contribution in [0, 0.1) is 0 Å². The average molecular weight is 277 g/mol. The Morgan fingerprint density at radius 3 is 2.90 bits per heavy atom. The topological polar surface area (TPSA) is 76.3 Å². The number of ether oxygens (including phenoxy) is 1. The first-order chi connectivity index (χ1) is 9.76. The third-order valence-electron chi connectivity index (χ3n) is 4.18. The second kappa shape index (κ2) is 5.93. The number of nitrogens with one attached hydrogen (secondary N) is 1. The maximum Gasteiger partial charge on any atom is 0.218 e. The van der Waals surface area contributed by atoms with Crippen molar-refractivity contribution in [2.45, 2.75) is 44.1 Å². The Morgan fingerprint density at radius 2 is 2.25 bits per heavy atom. The molecule has 1 saturated carbocycles. The Labute approximate surface area is 119 Å². The number of rotatable bonds is 6. The second-order valence-electron chi connectivity index (χ2n) is 5.78. The Kier molecular flexibility index (Phi) is 4.03. The highest BCUT2D eigenvalue weighted by atomic mass is 16.5. The molecule has 1 saturated heterocycles. The molecule has 2 fully saturated rings. The van der Waals surface area contributed by atoms with E-state index in [4.69, 9.17) is 10.6 Å². The van der Waals surface area contributed by atoms with Crippen molar-refractivity contribution in [2.24, 2.45) is 5.84 Å². The van der Waals surface area contributed by atoms with Crippen molar-refractivity contribution in [3.8, 4) is 5.88 Å². The lowest BCUT2D eigenvalue weighted by molar-refractivity contribution is 0.228. The van der Waals surface area contributed by atoms with E-state index in [1.807, 2.05) is 0 Å². The molecule has 0 radical (unpaired) electrons. The first-order valence-corrected chi connectivity index (χ1v) is 7.45. The lowest BCUT2D eigenvalue weighted by Gasteiger charge is -2.19. The summed E-state index contributed by atoms with van der Waals surface area (Å²) in [5, 5.41) is 0. The van der Waals surface area contributed by atoms with E-state index in [0.717, 1.165) is 12.2 Å². The van der Waals surface area contributed by atoms with Crippen molar-refractivity contribution < 1.29 is 4.74 Å². The van der Waals surface area contributed by atoms with Crippen molar-refractivity contribution in [3.63, 3.8) is 0 Å². The van der Waals surface area contributed by atoms with Crippen LogP contribution in [0.4, 0.5) is 5.82 Å². The van der Waals surface area contributed by atoms with Crippen LogP contribution in [-0.4, -0.2) is 41.1 Å². The number of nitrogens with zero attached hydrogens (tertiary/aromatic N) is 3. The number of nitrogens with two attached hydrogens (primary N) is 1. The predicted molar refractivity (Wildman–Crippen MR) is 77.6 cm³/mol. The Bertz CT molecular complexity index is 463. The van der Waals surface area contributed by atoms with E-state index >= 15 is 0 Å². The summed E-state index contributed by atoms with van der Waals surface area (Å²) in [6, 6.07) is 2.41. The van der Waals surface area contributed by atoms with Crippen molar-refractivity contribution in [2.75, 3.05) is 25.6 Å². The van der Waals surface area contributed by atoms with Gasteiger partial charge in [0.15, 0.2) is 0 Å². The molecule has 6 nitrogen and oxygen atoms in total. The molecule has 0 aromatic carbocycles. The SMILES string of the molecule is CN1CCCC1CCOc1cc(NN)nc(C2CC2)n1. The van der Waals surface area contributed by atoms with Crippen LogP contribution in [0.2, 0.25) is 0 Å². The van der Waals surface area contributed by atoms with Crippen LogP contribution in [0.3, 0.4) is 0 Å². The molecule has 2 aliphatic rings. The molecule has 2 heterocycles. The van der Waals surface area contributed by atoms with Crippen LogP contribution in [0.1, 0.15) is 43.8 Å². The molecule has 20 heavy (non-hydrogen) atoms. The van der Waals surface area contributed by atoms with Crippen LogP contribution in [0.15, 0.2) is 6.07 Å². The fourth-order valence-electron chi connectivity index (χ4n) is 2.76. The third-order valence-corrected chi connectivity index (χ3v) is 4.18. The van der Waals surface area contributed by atoms with Gasteiger partial charge in [-0.15, -0.1) is 0 Å². The van der Waals surface area contributed by atoms with Gasteiger partial charge < -0.3 is 15.1 Å². The zero-order valence-corrected chi connectivity index (χ0v) is 12.0. The molecule has 1 aliphatic heterocycles. The Hall–Kier alpha value is -1.40. The Balaban J connectivity index is 1.57. The average Bonchev–Trinajstić information content (AvgIpc) is 3.23. The zero-order valence-electron chi connectivity index (χ0n) is 12.0. The predicted octanol–water partition coefficient (Wildman–Crippen LogP) is 1.50. The monoisotopic (exact) mass is 277 g/mol. The molecule has 1 aliphatic carbocycles. The van der Waals surface area contributed by atoms with Crippen molar-refractivity contribution >= 4 is 5.82 Å². The Morgan fingerprint density at radius 1 is 1.40 bits per heavy atom. The maximum absolute atomic E-state index is 5.80. The largest absolute Gasteiger partial charge is 0.477 e. The van der Waals surface area contributed by atoms with E-state index in [1.54, 1.807) is 6.07 Å². The number of aromatic nitrogens is 2. The lowest BCUT2D eigenvalue weighted by Crippen LogP contribution is -2.26. The number of anilines is 1. The molecule has 1 aromatic heterocycles. The molecule has 1 unspecified atom stereocenters. The van der Waals surface area contributed by atoms with Gasteiger partial charge in [-0.25, -0.2) is 10.8 Å². The van der Waals surface area contributed by atoms with E-state index < -0.39 is 0 Å². The summed E-state index contributed by atoms with van der Waals surface area (Å²) >= 11 is 0. The van der Waals surface area contributed by atoms with E-state index in [0.29, 0.717) is 30.3 Å². The standard InChI is InChI=1S/C14H23N5O/c1-19-7-2-3-11(19)6-8-20-13-9-12(18-15)16-14(17-13)10-4-5-10/h9-11H,2-8,15H2,1H3,(H,16,17,18). The summed E-state index contributed by atoms with van der Waals surface area (Å²) in [6.45, 7) is 1.89. The lowest BCUT2D eigenvalue weighted by atomic mass is 10.1. The van der Waals surface area contributed by atoms with Gasteiger partial charge in [0.1, 0.15) is 11.6 Å². The van der Waals surface area contributed by atoms with E-state index in [9.17, 15) is 0 Å². The summed E-state index contributed by atoms with van der Waals surface area (Å²) in [5.41, 5.74) is 2.59. The fraction of sp³-hybridized carbons (Fsp3) is 0.714. The molecule has 0 spiro atoms. The van der Waals surface area contributed by atoms with Gasteiger partial charge >= 0.3 is 0 Å². The molecular weight excluding hydrogens is 254 g/mol. The van der Waals surface area contributed by atoms with Crippen molar-refractivity contribution in [3.05, 3.63) is 11.9 Å². The highest BCUT2D eigenvalue weighted by Crippen LogP contribution is 2.39. The molecule has 3 N–H and O–H groups in total. The molecule has 1 aromatic rings. The summed E-state index contributed by atoms with van der Waals surface area (Å²) in [5.74, 6) is 8.07. The minimum Gasteiger partial charge on any atom is -0.477 e. The van der Waals surface area contributed by atoms with Gasteiger partial charge in [0, 0.05) is 18.0 Å². The minimum absolute atomic E-state index is 0.492. The minimum atomic E-state index is 0.492. The van der Waals surface area contributed by atoms with Gasteiger partial charge in [-0.2, -0.15) is 4.98 Å². The molecule has 0 bridgehead atoms. The number of hydrogen-bond acceptors (Lipinski definition) is 6. The molecular formula is C14H23N5O. The second-order valence-corrected chi connectivity index (χ2v) is 5.78. The van der Waals surface area contributed by atoms with Crippen molar-refractivity contribution in [1.82, 2.24) is 14.9 Å². The van der Waals surface area contributed by atoms with E-state index in [1.165, 1.54) is 32.2 Å². The van der Waals surface area contributed by atoms with Crippen molar-refractivity contribution in [1.29, 1.82) is 0 Å². The van der Waals surface area contributed by atoms with E-state index in [2.05, 4.69) is 27.3 Å². The fourth-order valence-corrected chi connectivity index (χ4v) is 2.76. The molecule has 6 heteroatoms. The molecule has 3 rings (SSSR count). The number of hydrogen-bond donors (Lipinski definition) is 2. The third kappa shape index (κ3) is 3.19. The molecule has 0 amide bonds. The van der Waals surface area contributed by atoms with Crippen LogP contribution >= 0.6 is 0 Å². The smallest absolute Gasteiger partial charge is 0.218 e. The number of likely N-dealkylation sites (tertiary alicyclic amines) is 1. The maximum atomic E-state index is 5.80.